The van der Waals surface area contributed by atoms with Crippen molar-refractivity contribution in [3.05, 3.63) is 48.0 Å². The molecule has 3 heterocycles. The van der Waals surface area contributed by atoms with Crippen molar-refractivity contribution < 1.29 is 19.1 Å². The molecule has 4 rings (SSSR count). The maximum Gasteiger partial charge on any atom is 0.253 e. The minimum atomic E-state index is -0.633. The van der Waals surface area contributed by atoms with E-state index in [1.165, 1.54) is 0 Å². The first-order valence-corrected chi connectivity index (χ1v) is 11.4. The van der Waals surface area contributed by atoms with Gasteiger partial charge in [-0.3, -0.25) is 9.59 Å². The van der Waals surface area contributed by atoms with Gasteiger partial charge < -0.3 is 23.8 Å². The van der Waals surface area contributed by atoms with Crippen molar-refractivity contribution >= 4 is 11.8 Å². The van der Waals surface area contributed by atoms with Gasteiger partial charge in [0.2, 0.25) is 5.91 Å². The van der Waals surface area contributed by atoms with E-state index < -0.39 is 11.7 Å². The average Bonchev–Trinajstić information content (AvgIpc) is 3.30. The van der Waals surface area contributed by atoms with Gasteiger partial charge >= 0.3 is 0 Å². The molecule has 0 bridgehead atoms. The lowest BCUT2D eigenvalue weighted by atomic mass is 9.88. The highest BCUT2D eigenvalue weighted by Gasteiger charge is 2.48. The van der Waals surface area contributed by atoms with Crippen LogP contribution in [0.3, 0.4) is 0 Å². The fraction of sp³-hybridized carbons (Fsp3) is 0.542. The number of rotatable bonds is 6. The highest BCUT2D eigenvalue weighted by molar-refractivity contribution is 5.81. The molecule has 0 aliphatic carbocycles. The standard InChI is InChI=1S/C24H32N4O4/c1-4-26(5-2)22(30)20-17-28-15-12-25-23(28)24(32-20)10-13-27(14-11-24)21(29)16-18-6-8-19(31-3)9-7-18/h6-9,12,15,20H,4-5,10-11,13-14,16-17H2,1-3H3/t20-/m1/s1. The van der Waals surface area contributed by atoms with Gasteiger partial charge in [-0.05, 0) is 31.5 Å². The van der Waals surface area contributed by atoms with Crippen LogP contribution in [-0.2, 0) is 32.9 Å². The second-order valence-electron chi connectivity index (χ2n) is 8.42. The van der Waals surface area contributed by atoms with Gasteiger partial charge in [0.05, 0.1) is 20.1 Å². The number of fused-ring (bicyclic) bond motifs is 2. The van der Waals surface area contributed by atoms with Gasteiger partial charge in [-0.25, -0.2) is 4.98 Å². The number of likely N-dealkylation sites (N-methyl/N-ethyl adjacent to an activating group) is 1. The predicted octanol–water partition coefficient (Wildman–Crippen LogP) is 2.22. The predicted molar refractivity (Wildman–Crippen MR) is 119 cm³/mol. The molecule has 32 heavy (non-hydrogen) atoms. The van der Waals surface area contributed by atoms with Crippen molar-refractivity contribution in [1.82, 2.24) is 19.4 Å². The lowest BCUT2D eigenvalue weighted by Crippen LogP contribution is -2.55. The Kier molecular flexibility index (Phi) is 6.50. The van der Waals surface area contributed by atoms with Crippen LogP contribution in [0, 0.1) is 0 Å². The van der Waals surface area contributed by atoms with E-state index in [-0.39, 0.29) is 11.8 Å². The molecule has 1 saturated heterocycles. The Morgan fingerprint density at radius 1 is 1.19 bits per heavy atom. The number of amides is 2. The summed E-state index contributed by atoms with van der Waals surface area (Å²) < 4.78 is 13.7. The molecule has 8 nitrogen and oxygen atoms in total. The lowest BCUT2D eigenvalue weighted by Gasteiger charge is -2.46. The van der Waals surface area contributed by atoms with E-state index in [4.69, 9.17) is 9.47 Å². The number of hydrogen-bond acceptors (Lipinski definition) is 5. The summed E-state index contributed by atoms with van der Waals surface area (Å²) in [6.07, 6.45) is 4.77. The van der Waals surface area contributed by atoms with E-state index in [2.05, 4.69) is 4.98 Å². The van der Waals surface area contributed by atoms with Gasteiger partial charge in [0.25, 0.3) is 5.91 Å². The number of likely N-dealkylation sites (tertiary alicyclic amines) is 1. The van der Waals surface area contributed by atoms with Crippen LogP contribution in [0.5, 0.6) is 5.75 Å². The number of piperidine rings is 1. The number of ether oxygens (including phenoxy) is 2. The summed E-state index contributed by atoms with van der Waals surface area (Å²) in [7, 11) is 1.63. The average molecular weight is 441 g/mol. The van der Waals surface area contributed by atoms with Crippen molar-refractivity contribution in [1.29, 1.82) is 0 Å². The summed E-state index contributed by atoms with van der Waals surface area (Å²) in [4.78, 5) is 34.2. The Balaban J connectivity index is 1.45. The Hall–Kier alpha value is -2.87. The van der Waals surface area contributed by atoms with Crippen LogP contribution in [0.1, 0.15) is 38.1 Å². The Morgan fingerprint density at radius 3 is 2.50 bits per heavy atom. The third-order valence-corrected chi connectivity index (χ3v) is 6.64. The first-order chi connectivity index (χ1) is 15.5. The summed E-state index contributed by atoms with van der Waals surface area (Å²) in [6, 6.07) is 7.59. The number of benzene rings is 1. The zero-order valence-corrected chi connectivity index (χ0v) is 19.1. The largest absolute Gasteiger partial charge is 0.497 e. The Morgan fingerprint density at radius 2 is 1.88 bits per heavy atom. The molecule has 1 spiro atoms. The molecule has 2 amide bonds. The van der Waals surface area contributed by atoms with Crippen molar-refractivity contribution in [3.8, 4) is 5.75 Å². The number of imidazole rings is 1. The van der Waals surface area contributed by atoms with E-state index in [1.54, 1.807) is 13.3 Å². The SMILES string of the molecule is CCN(CC)C(=O)[C@H]1Cn2ccnc2C2(CCN(C(=O)Cc3ccc(OC)cc3)CC2)O1. The molecule has 2 aromatic rings. The molecule has 2 aliphatic rings. The third kappa shape index (κ3) is 4.24. The Bertz CT molecular complexity index is 943. The number of carbonyl (C=O) groups excluding carboxylic acids is 2. The molecule has 0 N–H and O–H groups in total. The molecular weight excluding hydrogens is 408 g/mol. The third-order valence-electron chi connectivity index (χ3n) is 6.64. The summed E-state index contributed by atoms with van der Waals surface area (Å²) >= 11 is 0. The summed E-state index contributed by atoms with van der Waals surface area (Å²) in [5.41, 5.74) is 0.331. The minimum Gasteiger partial charge on any atom is -0.497 e. The lowest BCUT2D eigenvalue weighted by molar-refractivity contribution is -0.182. The molecule has 1 atom stereocenters. The fourth-order valence-corrected chi connectivity index (χ4v) is 4.75. The van der Waals surface area contributed by atoms with Gasteiger partial charge in [0.1, 0.15) is 17.2 Å². The van der Waals surface area contributed by atoms with E-state index in [1.807, 2.05) is 58.7 Å². The van der Waals surface area contributed by atoms with E-state index in [9.17, 15) is 9.59 Å². The monoisotopic (exact) mass is 440 g/mol. The van der Waals surface area contributed by atoms with E-state index in [0.29, 0.717) is 52.0 Å². The number of methoxy groups -OCH3 is 1. The van der Waals surface area contributed by atoms with Crippen molar-refractivity contribution in [2.45, 2.75) is 51.4 Å². The number of carbonyl (C=O) groups is 2. The Labute approximate surface area is 189 Å². The van der Waals surface area contributed by atoms with Gasteiger partial charge in [0.15, 0.2) is 6.10 Å². The molecule has 1 aromatic heterocycles. The molecule has 1 fully saturated rings. The second-order valence-corrected chi connectivity index (χ2v) is 8.42. The molecular formula is C24H32N4O4. The van der Waals surface area contributed by atoms with Crippen LogP contribution in [0.25, 0.3) is 0 Å². The first-order valence-electron chi connectivity index (χ1n) is 11.4. The fourth-order valence-electron chi connectivity index (χ4n) is 4.75. The van der Waals surface area contributed by atoms with Crippen LogP contribution in [0.2, 0.25) is 0 Å². The van der Waals surface area contributed by atoms with Crippen LogP contribution in [0.15, 0.2) is 36.7 Å². The molecule has 2 aliphatic heterocycles. The molecule has 172 valence electrons. The van der Waals surface area contributed by atoms with Crippen LogP contribution in [0.4, 0.5) is 0 Å². The zero-order chi connectivity index (χ0) is 22.7. The van der Waals surface area contributed by atoms with Crippen LogP contribution in [-0.4, -0.2) is 70.6 Å². The van der Waals surface area contributed by atoms with E-state index >= 15 is 0 Å². The molecule has 1 aromatic carbocycles. The van der Waals surface area contributed by atoms with Crippen molar-refractivity contribution in [3.63, 3.8) is 0 Å². The maximum atomic E-state index is 13.0. The van der Waals surface area contributed by atoms with Crippen LogP contribution < -0.4 is 4.74 Å². The number of nitrogens with zero attached hydrogens (tertiary/aromatic N) is 4. The molecule has 0 radical (unpaired) electrons. The summed E-state index contributed by atoms with van der Waals surface area (Å²) in [6.45, 7) is 6.92. The second kappa shape index (κ2) is 9.32. The van der Waals surface area contributed by atoms with Gasteiger partial charge in [-0.15, -0.1) is 0 Å². The maximum absolute atomic E-state index is 13.0. The van der Waals surface area contributed by atoms with Gasteiger partial charge in [-0.2, -0.15) is 0 Å². The highest BCUT2D eigenvalue weighted by Crippen LogP contribution is 2.40. The quantitative estimate of drug-likeness (QED) is 0.688. The number of hydrogen-bond donors (Lipinski definition) is 0. The minimum absolute atomic E-state index is 0.0201. The van der Waals surface area contributed by atoms with E-state index in [0.717, 1.165) is 17.1 Å². The van der Waals surface area contributed by atoms with Crippen molar-refractivity contribution in [2.24, 2.45) is 0 Å². The smallest absolute Gasteiger partial charge is 0.253 e. The van der Waals surface area contributed by atoms with Crippen molar-refractivity contribution in [2.75, 3.05) is 33.3 Å². The number of aromatic nitrogens is 2. The summed E-state index contributed by atoms with van der Waals surface area (Å²) in [5.74, 6) is 1.76. The highest BCUT2D eigenvalue weighted by atomic mass is 16.5. The van der Waals surface area contributed by atoms with Gasteiger partial charge in [0, 0.05) is 51.4 Å². The summed E-state index contributed by atoms with van der Waals surface area (Å²) in [5, 5.41) is 0. The first kappa shape index (κ1) is 22.3. The van der Waals surface area contributed by atoms with Crippen LogP contribution >= 0.6 is 0 Å². The van der Waals surface area contributed by atoms with Gasteiger partial charge in [-0.1, -0.05) is 12.1 Å². The molecule has 0 unspecified atom stereocenters. The molecule has 0 saturated carbocycles. The molecule has 8 heteroatoms. The topological polar surface area (TPSA) is 76.9 Å². The zero-order valence-electron chi connectivity index (χ0n) is 19.1. The normalized spacial score (nSPS) is 19.5.